The standard InChI is InChI=1S/C20H12ClF6N3O3/c1-10(31)33-15-6-5-11(21)7-14(15)18(32)28-12-3-2-4-13(8-12)30-17(20(25,26)27)9-16(29-30)19(22,23)24/h2-9H,1H3,(H,28,32). The van der Waals surface area contributed by atoms with E-state index in [0.29, 0.717) is 0 Å². The normalized spacial score (nSPS) is 11.9. The molecule has 0 bridgehead atoms. The predicted octanol–water partition coefficient (Wildman–Crippen LogP) is 5.74. The van der Waals surface area contributed by atoms with Crippen LogP contribution < -0.4 is 10.1 Å². The van der Waals surface area contributed by atoms with Gasteiger partial charge in [0.1, 0.15) is 11.4 Å². The number of nitrogens with zero attached hydrogens (tertiary/aromatic N) is 2. The van der Waals surface area contributed by atoms with Gasteiger partial charge in [0.25, 0.3) is 5.91 Å². The quantitative estimate of drug-likeness (QED) is 0.287. The van der Waals surface area contributed by atoms with E-state index in [9.17, 15) is 35.9 Å². The summed E-state index contributed by atoms with van der Waals surface area (Å²) in [6.07, 6.45) is -10.2. The molecule has 1 heterocycles. The summed E-state index contributed by atoms with van der Waals surface area (Å²) in [7, 11) is 0. The Labute approximate surface area is 186 Å². The van der Waals surface area contributed by atoms with E-state index in [0.717, 1.165) is 19.1 Å². The van der Waals surface area contributed by atoms with Gasteiger partial charge in [-0.2, -0.15) is 31.4 Å². The first-order chi connectivity index (χ1) is 15.3. The van der Waals surface area contributed by atoms with Crippen molar-refractivity contribution in [3.63, 3.8) is 0 Å². The summed E-state index contributed by atoms with van der Waals surface area (Å²) >= 11 is 5.87. The number of hydrogen-bond donors (Lipinski definition) is 1. The number of halogens is 7. The van der Waals surface area contributed by atoms with Crippen molar-refractivity contribution < 1.29 is 40.7 Å². The van der Waals surface area contributed by atoms with Crippen LogP contribution in [0.4, 0.5) is 32.0 Å². The van der Waals surface area contributed by atoms with Gasteiger partial charge in [-0.05, 0) is 36.4 Å². The highest BCUT2D eigenvalue weighted by molar-refractivity contribution is 6.31. The predicted molar refractivity (Wildman–Crippen MR) is 104 cm³/mol. The highest BCUT2D eigenvalue weighted by Crippen LogP contribution is 2.36. The van der Waals surface area contributed by atoms with Crippen LogP contribution in [0.5, 0.6) is 5.75 Å². The van der Waals surface area contributed by atoms with E-state index in [-0.39, 0.29) is 38.5 Å². The molecular formula is C20H12ClF6N3O3. The van der Waals surface area contributed by atoms with E-state index >= 15 is 0 Å². The fourth-order valence-electron chi connectivity index (χ4n) is 2.76. The summed E-state index contributed by atoms with van der Waals surface area (Å²) in [4.78, 5) is 23.9. The number of hydrogen-bond acceptors (Lipinski definition) is 4. The van der Waals surface area contributed by atoms with Gasteiger partial charge in [0.05, 0.1) is 11.3 Å². The van der Waals surface area contributed by atoms with E-state index in [1.807, 2.05) is 0 Å². The van der Waals surface area contributed by atoms with Gasteiger partial charge in [0, 0.05) is 23.7 Å². The third-order valence-corrected chi connectivity index (χ3v) is 4.31. The molecule has 2 aromatic carbocycles. The SMILES string of the molecule is CC(=O)Oc1ccc(Cl)cc1C(=O)Nc1cccc(-n2nc(C(F)(F)F)cc2C(F)(F)F)c1. The molecule has 13 heteroatoms. The molecule has 0 spiro atoms. The number of amides is 1. The molecule has 0 fully saturated rings. The molecule has 0 aliphatic carbocycles. The molecule has 3 rings (SSSR count). The Kier molecular flexibility index (Phi) is 6.41. The molecule has 3 aromatic rings. The maximum atomic E-state index is 13.3. The molecule has 0 aliphatic heterocycles. The molecule has 0 atom stereocenters. The lowest BCUT2D eigenvalue weighted by Gasteiger charge is -2.13. The van der Waals surface area contributed by atoms with Crippen LogP contribution >= 0.6 is 11.6 Å². The smallest absolute Gasteiger partial charge is 0.426 e. The summed E-state index contributed by atoms with van der Waals surface area (Å²) in [5.41, 5.74) is -3.98. The van der Waals surface area contributed by atoms with Gasteiger partial charge in [-0.1, -0.05) is 17.7 Å². The zero-order chi connectivity index (χ0) is 24.6. The van der Waals surface area contributed by atoms with Crippen molar-refractivity contribution in [1.82, 2.24) is 9.78 Å². The number of carbonyl (C=O) groups is 2. The van der Waals surface area contributed by atoms with Gasteiger partial charge < -0.3 is 10.1 Å². The lowest BCUT2D eigenvalue weighted by Crippen LogP contribution is -2.16. The van der Waals surface area contributed by atoms with Crippen LogP contribution in [-0.2, 0) is 17.1 Å². The second kappa shape index (κ2) is 8.77. The zero-order valence-corrected chi connectivity index (χ0v) is 17.1. The molecule has 6 nitrogen and oxygen atoms in total. The van der Waals surface area contributed by atoms with Crippen LogP contribution in [0.15, 0.2) is 48.5 Å². The van der Waals surface area contributed by atoms with Gasteiger partial charge in [-0.15, -0.1) is 0 Å². The Morgan fingerprint density at radius 3 is 2.30 bits per heavy atom. The average molecular weight is 492 g/mol. The van der Waals surface area contributed by atoms with Gasteiger partial charge in [0.2, 0.25) is 0 Å². The van der Waals surface area contributed by atoms with Crippen molar-refractivity contribution in [1.29, 1.82) is 0 Å². The molecule has 0 saturated carbocycles. The van der Waals surface area contributed by atoms with E-state index in [2.05, 4.69) is 10.4 Å². The van der Waals surface area contributed by atoms with Crippen LogP contribution in [-0.4, -0.2) is 21.7 Å². The summed E-state index contributed by atoms with van der Waals surface area (Å²) in [5, 5.41) is 5.55. The van der Waals surface area contributed by atoms with Crippen molar-refractivity contribution in [2.24, 2.45) is 0 Å². The minimum absolute atomic E-state index is 0.0663. The highest BCUT2D eigenvalue weighted by Gasteiger charge is 2.42. The number of carbonyl (C=O) groups excluding carboxylic acids is 2. The monoisotopic (exact) mass is 491 g/mol. The van der Waals surface area contributed by atoms with Crippen LogP contribution in [0.2, 0.25) is 5.02 Å². The molecule has 33 heavy (non-hydrogen) atoms. The molecular weight excluding hydrogens is 480 g/mol. The maximum absolute atomic E-state index is 13.3. The third kappa shape index (κ3) is 5.64. The first-order valence-corrected chi connectivity index (χ1v) is 9.27. The first kappa shape index (κ1) is 24.1. The van der Waals surface area contributed by atoms with Crippen molar-refractivity contribution in [2.45, 2.75) is 19.3 Å². The van der Waals surface area contributed by atoms with Crippen molar-refractivity contribution in [3.8, 4) is 11.4 Å². The van der Waals surface area contributed by atoms with E-state index in [4.69, 9.17) is 16.3 Å². The number of benzene rings is 2. The minimum atomic E-state index is -5.13. The van der Waals surface area contributed by atoms with Gasteiger partial charge in [-0.3, -0.25) is 9.59 Å². The minimum Gasteiger partial charge on any atom is -0.426 e. The summed E-state index contributed by atoms with van der Waals surface area (Å²) in [6, 6.07) is 8.31. The summed E-state index contributed by atoms with van der Waals surface area (Å²) in [6.45, 7) is 1.11. The van der Waals surface area contributed by atoms with E-state index < -0.39 is 35.6 Å². The Morgan fingerprint density at radius 1 is 1.00 bits per heavy atom. The Balaban J connectivity index is 1.98. The van der Waals surface area contributed by atoms with Crippen LogP contribution in [0.3, 0.4) is 0 Å². The fraction of sp³-hybridized carbons (Fsp3) is 0.150. The third-order valence-electron chi connectivity index (χ3n) is 4.08. The second-order valence-electron chi connectivity index (χ2n) is 6.56. The number of ether oxygens (including phenoxy) is 1. The maximum Gasteiger partial charge on any atom is 0.435 e. The summed E-state index contributed by atoms with van der Waals surface area (Å²) < 4.78 is 83.7. The highest BCUT2D eigenvalue weighted by atomic mass is 35.5. The Bertz CT molecular complexity index is 1220. The Hall–Kier alpha value is -3.54. The van der Waals surface area contributed by atoms with Crippen molar-refractivity contribution in [3.05, 3.63) is 70.5 Å². The number of rotatable bonds is 4. The summed E-state index contributed by atoms with van der Waals surface area (Å²) in [5.74, 6) is -1.67. The lowest BCUT2D eigenvalue weighted by molar-refractivity contribution is -0.143. The number of nitrogens with one attached hydrogen (secondary N) is 1. The van der Waals surface area contributed by atoms with E-state index in [1.165, 1.54) is 30.3 Å². The van der Waals surface area contributed by atoms with Crippen LogP contribution in [0.25, 0.3) is 5.69 Å². The molecule has 1 aromatic heterocycles. The number of esters is 1. The Morgan fingerprint density at radius 2 is 1.70 bits per heavy atom. The lowest BCUT2D eigenvalue weighted by atomic mass is 10.1. The number of alkyl halides is 6. The average Bonchev–Trinajstić information content (AvgIpc) is 3.16. The van der Waals surface area contributed by atoms with Gasteiger partial charge in [0.15, 0.2) is 5.69 Å². The second-order valence-corrected chi connectivity index (χ2v) is 7.00. The molecule has 0 saturated heterocycles. The molecule has 1 N–H and O–H groups in total. The van der Waals surface area contributed by atoms with Crippen molar-refractivity contribution in [2.75, 3.05) is 5.32 Å². The molecule has 0 unspecified atom stereocenters. The van der Waals surface area contributed by atoms with Crippen LogP contribution in [0, 0.1) is 0 Å². The largest absolute Gasteiger partial charge is 0.435 e. The molecule has 1 amide bonds. The van der Waals surface area contributed by atoms with Crippen LogP contribution in [0.1, 0.15) is 28.7 Å². The van der Waals surface area contributed by atoms with E-state index in [1.54, 1.807) is 0 Å². The number of aromatic nitrogens is 2. The molecule has 0 radical (unpaired) electrons. The fourth-order valence-corrected chi connectivity index (χ4v) is 2.93. The topological polar surface area (TPSA) is 73.2 Å². The van der Waals surface area contributed by atoms with Gasteiger partial charge >= 0.3 is 18.3 Å². The molecule has 174 valence electrons. The molecule has 0 aliphatic rings. The van der Waals surface area contributed by atoms with Gasteiger partial charge in [-0.25, -0.2) is 4.68 Å². The first-order valence-electron chi connectivity index (χ1n) is 8.90. The zero-order valence-electron chi connectivity index (χ0n) is 16.4. The number of anilines is 1. The van der Waals surface area contributed by atoms with Crippen molar-refractivity contribution >= 4 is 29.2 Å².